The van der Waals surface area contributed by atoms with Crippen molar-refractivity contribution in [3.05, 3.63) is 0 Å². The molecule has 1 rings (SSSR count). The molecule has 1 aliphatic heterocycles. The second-order valence-corrected chi connectivity index (χ2v) is 4.34. The van der Waals surface area contributed by atoms with Gasteiger partial charge in [0.1, 0.15) is 6.04 Å². The molecule has 0 radical (unpaired) electrons. The molecule has 1 aliphatic rings. The number of piperazine rings is 1. The summed E-state index contributed by atoms with van der Waals surface area (Å²) in [5.74, 6) is -0.356. The molecule has 1 heterocycles. The standard InChI is InChI=1S/C11H21N3O3/c1-8(2)17-10(15)7-14-5-4-13-6-9(14)11(16)12-3/h8-9,13H,4-7H2,1-3H3,(H,12,16). The number of nitrogens with zero attached hydrogens (tertiary/aromatic N) is 1. The van der Waals surface area contributed by atoms with E-state index >= 15 is 0 Å². The van der Waals surface area contributed by atoms with Crippen LogP contribution in [0, 0.1) is 0 Å². The molecule has 0 aliphatic carbocycles. The van der Waals surface area contributed by atoms with Crippen LogP contribution in [-0.4, -0.2) is 62.1 Å². The summed E-state index contributed by atoms with van der Waals surface area (Å²) in [6, 6.07) is -0.298. The fraction of sp³-hybridized carbons (Fsp3) is 0.818. The fourth-order valence-electron chi connectivity index (χ4n) is 1.83. The molecule has 1 amide bonds. The lowest BCUT2D eigenvalue weighted by atomic mass is 10.2. The quantitative estimate of drug-likeness (QED) is 0.617. The maximum atomic E-state index is 11.6. The largest absolute Gasteiger partial charge is 0.462 e. The topological polar surface area (TPSA) is 70.7 Å². The van der Waals surface area contributed by atoms with Crippen molar-refractivity contribution < 1.29 is 14.3 Å². The van der Waals surface area contributed by atoms with E-state index in [-0.39, 0.29) is 30.6 Å². The van der Waals surface area contributed by atoms with Gasteiger partial charge in [-0.1, -0.05) is 0 Å². The Balaban J connectivity index is 2.53. The van der Waals surface area contributed by atoms with Crippen molar-refractivity contribution in [2.45, 2.75) is 26.0 Å². The molecule has 0 aromatic carbocycles. The molecular formula is C11H21N3O3. The van der Waals surface area contributed by atoms with Crippen LogP contribution in [0.3, 0.4) is 0 Å². The summed E-state index contributed by atoms with van der Waals surface area (Å²) in [7, 11) is 1.60. The molecule has 1 atom stereocenters. The van der Waals surface area contributed by atoms with E-state index in [1.807, 2.05) is 18.7 Å². The first-order chi connectivity index (χ1) is 8.04. The monoisotopic (exact) mass is 243 g/mol. The van der Waals surface area contributed by atoms with Crippen LogP contribution in [0.2, 0.25) is 0 Å². The summed E-state index contributed by atoms with van der Waals surface area (Å²) >= 11 is 0. The zero-order chi connectivity index (χ0) is 12.8. The molecule has 98 valence electrons. The lowest BCUT2D eigenvalue weighted by Gasteiger charge is -2.34. The number of esters is 1. The van der Waals surface area contributed by atoms with Gasteiger partial charge in [0.25, 0.3) is 0 Å². The number of hydrogen-bond acceptors (Lipinski definition) is 5. The summed E-state index contributed by atoms with van der Waals surface area (Å²) in [5, 5.41) is 5.75. The van der Waals surface area contributed by atoms with Gasteiger partial charge in [-0.25, -0.2) is 0 Å². The molecule has 0 spiro atoms. The van der Waals surface area contributed by atoms with E-state index in [2.05, 4.69) is 10.6 Å². The Labute approximate surface area is 102 Å². The maximum absolute atomic E-state index is 11.6. The van der Waals surface area contributed by atoms with Gasteiger partial charge in [-0.3, -0.25) is 14.5 Å². The van der Waals surface area contributed by atoms with Crippen molar-refractivity contribution >= 4 is 11.9 Å². The summed E-state index contributed by atoms with van der Waals surface area (Å²) in [6.07, 6.45) is -0.121. The van der Waals surface area contributed by atoms with Gasteiger partial charge in [-0.15, -0.1) is 0 Å². The van der Waals surface area contributed by atoms with Gasteiger partial charge >= 0.3 is 5.97 Å². The van der Waals surface area contributed by atoms with E-state index in [0.717, 1.165) is 6.54 Å². The van der Waals surface area contributed by atoms with Crippen LogP contribution in [0.5, 0.6) is 0 Å². The third kappa shape index (κ3) is 4.32. The highest BCUT2D eigenvalue weighted by atomic mass is 16.5. The van der Waals surface area contributed by atoms with E-state index in [1.165, 1.54) is 0 Å². The van der Waals surface area contributed by atoms with E-state index in [0.29, 0.717) is 13.1 Å². The molecule has 0 bridgehead atoms. The average molecular weight is 243 g/mol. The Morgan fingerprint density at radius 1 is 1.53 bits per heavy atom. The smallest absolute Gasteiger partial charge is 0.320 e. The molecule has 0 saturated carbocycles. The third-order valence-corrected chi connectivity index (χ3v) is 2.60. The highest BCUT2D eigenvalue weighted by Crippen LogP contribution is 2.04. The lowest BCUT2D eigenvalue weighted by molar-refractivity contribution is -0.150. The Morgan fingerprint density at radius 3 is 2.82 bits per heavy atom. The highest BCUT2D eigenvalue weighted by Gasteiger charge is 2.29. The minimum atomic E-state index is -0.298. The highest BCUT2D eigenvalue weighted by molar-refractivity contribution is 5.82. The van der Waals surface area contributed by atoms with Crippen LogP contribution in [-0.2, 0) is 14.3 Å². The molecule has 6 heteroatoms. The zero-order valence-corrected chi connectivity index (χ0v) is 10.7. The number of likely N-dealkylation sites (N-methyl/N-ethyl adjacent to an activating group) is 1. The summed E-state index contributed by atoms with van der Waals surface area (Å²) in [4.78, 5) is 25.0. The van der Waals surface area contributed by atoms with Gasteiger partial charge in [0, 0.05) is 26.7 Å². The first-order valence-electron chi connectivity index (χ1n) is 5.90. The minimum Gasteiger partial charge on any atom is -0.462 e. The van der Waals surface area contributed by atoms with Crippen molar-refractivity contribution in [1.82, 2.24) is 15.5 Å². The SMILES string of the molecule is CNC(=O)C1CNCCN1CC(=O)OC(C)C. The first kappa shape index (κ1) is 13.9. The molecule has 2 N–H and O–H groups in total. The Bertz CT molecular complexity index is 281. The van der Waals surface area contributed by atoms with Gasteiger partial charge in [-0.05, 0) is 13.8 Å². The van der Waals surface area contributed by atoms with E-state index in [4.69, 9.17) is 4.74 Å². The number of carbonyl (C=O) groups excluding carboxylic acids is 2. The lowest BCUT2D eigenvalue weighted by Crippen LogP contribution is -2.58. The fourth-order valence-corrected chi connectivity index (χ4v) is 1.83. The van der Waals surface area contributed by atoms with Crippen LogP contribution < -0.4 is 10.6 Å². The van der Waals surface area contributed by atoms with Crippen molar-refractivity contribution in [2.75, 3.05) is 33.2 Å². The van der Waals surface area contributed by atoms with Crippen molar-refractivity contribution in [3.63, 3.8) is 0 Å². The molecule has 6 nitrogen and oxygen atoms in total. The summed E-state index contributed by atoms with van der Waals surface area (Å²) in [6.45, 7) is 5.80. The van der Waals surface area contributed by atoms with Crippen LogP contribution in [0.4, 0.5) is 0 Å². The molecule has 0 aromatic rings. The van der Waals surface area contributed by atoms with Gasteiger partial charge in [-0.2, -0.15) is 0 Å². The third-order valence-electron chi connectivity index (χ3n) is 2.60. The van der Waals surface area contributed by atoms with Crippen molar-refractivity contribution in [1.29, 1.82) is 0 Å². The molecule has 0 aromatic heterocycles. The number of carbonyl (C=O) groups is 2. The summed E-state index contributed by atoms with van der Waals surface area (Å²) < 4.78 is 5.08. The van der Waals surface area contributed by atoms with Gasteiger partial charge < -0.3 is 15.4 Å². The molecule has 1 saturated heterocycles. The van der Waals surface area contributed by atoms with E-state index in [9.17, 15) is 9.59 Å². The minimum absolute atomic E-state index is 0.0745. The van der Waals surface area contributed by atoms with Gasteiger partial charge in [0.15, 0.2) is 0 Å². The second-order valence-electron chi connectivity index (χ2n) is 4.34. The molecular weight excluding hydrogens is 222 g/mol. The second kappa shape index (κ2) is 6.56. The number of rotatable bonds is 4. The number of ether oxygens (including phenoxy) is 1. The maximum Gasteiger partial charge on any atom is 0.320 e. The van der Waals surface area contributed by atoms with Crippen LogP contribution in [0.1, 0.15) is 13.8 Å². The van der Waals surface area contributed by atoms with Crippen LogP contribution in [0.25, 0.3) is 0 Å². The van der Waals surface area contributed by atoms with E-state index in [1.54, 1.807) is 7.05 Å². The molecule has 1 fully saturated rings. The Kier molecular flexibility index (Phi) is 5.37. The van der Waals surface area contributed by atoms with Crippen molar-refractivity contribution in [3.8, 4) is 0 Å². The predicted octanol–water partition coefficient (Wildman–Crippen LogP) is -1.04. The van der Waals surface area contributed by atoms with Gasteiger partial charge in [0.05, 0.1) is 12.6 Å². The normalized spacial score (nSPS) is 21.3. The van der Waals surface area contributed by atoms with E-state index < -0.39 is 0 Å². The number of nitrogens with one attached hydrogen (secondary N) is 2. The van der Waals surface area contributed by atoms with Crippen LogP contribution >= 0.6 is 0 Å². The zero-order valence-electron chi connectivity index (χ0n) is 10.7. The summed E-state index contributed by atoms with van der Waals surface area (Å²) in [5.41, 5.74) is 0. The molecule has 1 unspecified atom stereocenters. The predicted molar refractivity (Wildman–Crippen MR) is 63.5 cm³/mol. The first-order valence-corrected chi connectivity index (χ1v) is 5.90. The Hall–Kier alpha value is -1.14. The Morgan fingerprint density at radius 2 is 2.24 bits per heavy atom. The average Bonchev–Trinajstić information content (AvgIpc) is 2.27. The van der Waals surface area contributed by atoms with Crippen molar-refractivity contribution in [2.24, 2.45) is 0 Å². The molecule has 17 heavy (non-hydrogen) atoms. The van der Waals surface area contributed by atoms with Crippen LogP contribution in [0.15, 0.2) is 0 Å². The van der Waals surface area contributed by atoms with Gasteiger partial charge in [0.2, 0.25) is 5.91 Å². The number of hydrogen-bond donors (Lipinski definition) is 2. The number of amides is 1.